The van der Waals surface area contributed by atoms with E-state index < -0.39 is 18.2 Å². The van der Waals surface area contributed by atoms with E-state index in [0.29, 0.717) is 44.6 Å². The molecule has 0 aliphatic carbocycles. The molecule has 1 atom stereocenters. The predicted octanol–water partition coefficient (Wildman–Crippen LogP) is 6.99. The Bertz CT molecular complexity index is 1320. The Hall–Kier alpha value is -3.14. The molecule has 0 spiro atoms. The van der Waals surface area contributed by atoms with Gasteiger partial charge in [0.15, 0.2) is 0 Å². The van der Waals surface area contributed by atoms with Crippen LogP contribution in [0, 0.1) is 5.92 Å². The molecule has 1 aromatic heterocycles. The molecular weight excluding hydrogens is 576 g/mol. The second kappa shape index (κ2) is 14.2. The number of halogens is 5. The number of anilines is 1. The highest BCUT2D eigenvalue weighted by molar-refractivity contribution is 5.85. The summed E-state index contributed by atoms with van der Waals surface area (Å²) in [6.45, 7) is 1.91. The van der Waals surface area contributed by atoms with Gasteiger partial charge < -0.3 is 10.0 Å². The number of likely N-dealkylation sites (tertiary alicyclic amines) is 1. The van der Waals surface area contributed by atoms with Gasteiger partial charge in [-0.1, -0.05) is 48.5 Å². The van der Waals surface area contributed by atoms with E-state index in [1.165, 1.54) is 0 Å². The van der Waals surface area contributed by atoms with E-state index in [0.717, 1.165) is 28.1 Å². The first-order valence-electron chi connectivity index (χ1n) is 13.2. The van der Waals surface area contributed by atoms with Gasteiger partial charge in [-0.2, -0.15) is 13.2 Å². The number of carboxylic acid groups (broad SMARTS) is 1. The minimum Gasteiger partial charge on any atom is -0.481 e. The third-order valence-electron chi connectivity index (χ3n) is 7.60. The molecule has 11 heteroatoms. The number of aromatic nitrogens is 2. The first-order chi connectivity index (χ1) is 18.8. The fourth-order valence-electron chi connectivity index (χ4n) is 5.47. The molecule has 2 aromatic carbocycles. The van der Waals surface area contributed by atoms with E-state index >= 15 is 0 Å². The number of alkyl halides is 3. The maximum absolute atomic E-state index is 13.6. The molecule has 2 aliphatic heterocycles. The lowest BCUT2D eigenvalue weighted by Gasteiger charge is -2.30. The van der Waals surface area contributed by atoms with E-state index in [-0.39, 0.29) is 43.7 Å². The number of carbonyl (C=O) groups is 1. The van der Waals surface area contributed by atoms with Crippen molar-refractivity contribution in [2.75, 3.05) is 24.5 Å². The first-order valence-corrected chi connectivity index (χ1v) is 13.2. The molecule has 2 saturated heterocycles. The number of nitrogens with zero attached hydrogens (tertiary/aromatic N) is 4. The average molecular weight is 610 g/mol. The summed E-state index contributed by atoms with van der Waals surface area (Å²) >= 11 is 0. The number of carboxylic acids is 1. The molecule has 6 nitrogen and oxygen atoms in total. The van der Waals surface area contributed by atoms with Gasteiger partial charge >= 0.3 is 12.1 Å². The van der Waals surface area contributed by atoms with Crippen LogP contribution in [-0.4, -0.2) is 57.8 Å². The minimum atomic E-state index is -4.24. The van der Waals surface area contributed by atoms with E-state index in [2.05, 4.69) is 9.97 Å². The van der Waals surface area contributed by atoms with Crippen LogP contribution in [0.1, 0.15) is 42.5 Å². The van der Waals surface area contributed by atoms with Gasteiger partial charge in [-0.3, -0.25) is 14.7 Å². The fourth-order valence-corrected chi connectivity index (χ4v) is 5.47. The highest BCUT2D eigenvalue weighted by Crippen LogP contribution is 2.35. The molecule has 3 aromatic rings. The molecular formula is C30H33Cl2F3N4O2. The second-order valence-electron chi connectivity index (χ2n) is 10.2. The number of hydrogen-bond acceptors (Lipinski definition) is 5. The molecule has 220 valence electrons. The maximum Gasteiger partial charge on any atom is 0.404 e. The van der Waals surface area contributed by atoms with Gasteiger partial charge in [-0.15, -0.1) is 24.8 Å². The second-order valence-corrected chi connectivity index (χ2v) is 10.2. The van der Waals surface area contributed by atoms with Gasteiger partial charge in [0.2, 0.25) is 0 Å². The maximum atomic E-state index is 13.6. The third kappa shape index (κ3) is 7.99. The van der Waals surface area contributed by atoms with Crippen LogP contribution in [0.3, 0.4) is 0 Å². The molecule has 41 heavy (non-hydrogen) atoms. The van der Waals surface area contributed by atoms with Crippen LogP contribution in [-0.2, 0) is 11.3 Å². The Labute approximate surface area is 250 Å². The number of rotatable bonds is 7. The van der Waals surface area contributed by atoms with E-state index in [4.69, 9.17) is 0 Å². The SMILES string of the molecule is Cl.Cl.O=C(O)C1CCN(c2cnc(/C=C/c3ccc(-c4ccccc4)c(CN4CCC[C@H]4C(F)(F)F)c3)cn2)CC1. The number of aliphatic carboxylic acids is 1. The summed E-state index contributed by atoms with van der Waals surface area (Å²) in [5.74, 6) is -0.337. The zero-order valence-corrected chi connectivity index (χ0v) is 24.0. The standard InChI is InChI=1S/C30H31F3N4O2.2ClH/c31-30(32,33)27-7-4-14-37(27)20-24-17-21(9-11-26(24)22-5-2-1-3-6-22)8-10-25-18-35-28(19-34-25)36-15-12-23(13-16-36)29(38)39;;/h1-3,5-6,8-11,17-19,23,27H,4,7,12-16,20H2,(H,38,39);2*1H/b10-8+;;/t27-;;/m0../s1. The highest BCUT2D eigenvalue weighted by Gasteiger charge is 2.45. The van der Waals surface area contributed by atoms with Crippen molar-refractivity contribution < 1.29 is 23.1 Å². The lowest BCUT2D eigenvalue weighted by molar-refractivity contribution is -0.177. The Kier molecular flexibility index (Phi) is 11.2. The molecule has 0 radical (unpaired) electrons. The van der Waals surface area contributed by atoms with E-state index in [1.54, 1.807) is 17.3 Å². The first kappa shape index (κ1) is 32.4. The van der Waals surface area contributed by atoms with Crippen LogP contribution < -0.4 is 4.90 Å². The molecule has 2 aliphatic rings. The predicted molar refractivity (Wildman–Crippen MR) is 159 cm³/mol. The normalized spacial score (nSPS) is 18.2. The summed E-state index contributed by atoms with van der Waals surface area (Å²) < 4.78 is 40.9. The van der Waals surface area contributed by atoms with Crippen molar-refractivity contribution >= 4 is 48.8 Å². The van der Waals surface area contributed by atoms with Gasteiger partial charge in [0.05, 0.1) is 24.0 Å². The number of hydrogen-bond donors (Lipinski definition) is 1. The van der Waals surface area contributed by atoms with Gasteiger partial charge in [-0.25, -0.2) is 4.98 Å². The Morgan fingerprint density at radius 2 is 1.68 bits per heavy atom. The van der Waals surface area contributed by atoms with Crippen LogP contribution in [0.2, 0.25) is 0 Å². The smallest absolute Gasteiger partial charge is 0.404 e. The van der Waals surface area contributed by atoms with Crippen molar-refractivity contribution in [1.29, 1.82) is 0 Å². The third-order valence-corrected chi connectivity index (χ3v) is 7.60. The monoisotopic (exact) mass is 608 g/mol. The molecule has 2 fully saturated rings. The summed E-state index contributed by atoms with van der Waals surface area (Å²) in [7, 11) is 0. The zero-order chi connectivity index (χ0) is 27.4. The van der Waals surface area contributed by atoms with Crippen molar-refractivity contribution in [3.05, 3.63) is 77.7 Å². The summed E-state index contributed by atoms with van der Waals surface area (Å²) in [6.07, 6.45) is 4.70. The van der Waals surface area contributed by atoms with Crippen molar-refractivity contribution in [3.8, 4) is 11.1 Å². The number of benzene rings is 2. The molecule has 0 saturated carbocycles. The van der Waals surface area contributed by atoms with Crippen LogP contribution in [0.15, 0.2) is 60.9 Å². The largest absolute Gasteiger partial charge is 0.481 e. The van der Waals surface area contributed by atoms with Crippen molar-refractivity contribution in [2.45, 2.75) is 44.4 Å². The Balaban J connectivity index is 0.00000231. The van der Waals surface area contributed by atoms with Crippen LogP contribution >= 0.6 is 24.8 Å². The number of piperidine rings is 1. The molecule has 5 rings (SSSR count). The van der Waals surface area contributed by atoms with E-state index in [9.17, 15) is 23.1 Å². The van der Waals surface area contributed by atoms with Gasteiger partial charge in [0, 0.05) is 19.6 Å². The lowest BCUT2D eigenvalue weighted by atomic mass is 9.96. The van der Waals surface area contributed by atoms with Crippen LogP contribution in [0.5, 0.6) is 0 Å². The van der Waals surface area contributed by atoms with Crippen molar-refractivity contribution in [1.82, 2.24) is 14.9 Å². The van der Waals surface area contributed by atoms with Gasteiger partial charge in [-0.05, 0) is 66.6 Å². The summed E-state index contributed by atoms with van der Waals surface area (Å²) in [5.41, 5.74) is 4.28. The molecule has 0 unspecified atom stereocenters. The summed E-state index contributed by atoms with van der Waals surface area (Å²) in [5, 5.41) is 9.19. The van der Waals surface area contributed by atoms with E-state index in [1.807, 2.05) is 65.6 Å². The van der Waals surface area contributed by atoms with Gasteiger partial charge in [0.25, 0.3) is 0 Å². The topological polar surface area (TPSA) is 69.6 Å². The van der Waals surface area contributed by atoms with Crippen LogP contribution in [0.4, 0.5) is 19.0 Å². The molecule has 3 heterocycles. The summed E-state index contributed by atoms with van der Waals surface area (Å²) in [6, 6.07) is 14.2. The minimum absolute atomic E-state index is 0. The Morgan fingerprint density at radius 1 is 0.951 bits per heavy atom. The van der Waals surface area contributed by atoms with Crippen LogP contribution in [0.25, 0.3) is 23.3 Å². The van der Waals surface area contributed by atoms with Gasteiger partial charge in [0.1, 0.15) is 11.9 Å². The average Bonchev–Trinajstić information content (AvgIpc) is 3.42. The Morgan fingerprint density at radius 3 is 2.32 bits per heavy atom. The summed E-state index contributed by atoms with van der Waals surface area (Å²) in [4.78, 5) is 23.8. The lowest BCUT2D eigenvalue weighted by Crippen LogP contribution is -2.40. The highest BCUT2D eigenvalue weighted by atomic mass is 35.5. The zero-order valence-electron chi connectivity index (χ0n) is 22.3. The molecule has 0 bridgehead atoms. The van der Waals surface area contributed by atoms with Crippen molar-refractivity contribution in [2.24, 2.45) is 5.92 Å². The molecule has 0 amide bonds. The quantitative estimate of drug-likeness (QED) is 0.312. The molecule has 1 N–H and O–H groups in total. The fraction of sp³-hybridized carbons (Fsp3) is 0.367. The van der Waals surface area contributed by atoms with Crippen molar-refractivity contribution in [3.63, 3.8) is 0 Å².